The summed E-state index contributed by atoms with van der Waals surface area (Å²) in [4.78, 5) is 12.2. The molecule has 29 heavy (non-hydrogen) atoms. The van der Waals surface area contributed by atoms with Crippen molar-refractivity contribution < 1.29 is 19.4 Å². The Morgan fingerprint density at radius 1 is 1.14 bits per heavy atom. The van der Waals surface area contributed by atoms with Gasteiger partial charge in [-0.3, -0.25) is 0 Å². The van der Waals surface area contributed by atoms with Gasteiger partial charge in [0.2, 0.25) is 0 Å². The smallest absolute Gasteiger partial charge is 0.337 e. The van der Waals surface area contributed by atoms with E-state index in [1.807, 2.05) is 50.2 Å². The van der Waals surface area contributed by atoms with E-state index in [1.54, 1.807) is 26.0 Å². The molecule has 0 unspecified atom stereocenters. The van der Waals surface area contributed by atoms with Gasteiger partial charge in [0.1, 0.15) is 5.75 Å². The van der Waals surface area contributed by atoms with E-state index in [0.717, 1.165) is 11.3 Å². The van der Waals surface area contributed by atoms with Crippen molar-refractivity contribution >= 4 is 17.4 Å². The van der Waals surface area contributed by atoms with E-state index in [-0.39, 0.29) is 24.0 Å². The van der Waals surface area contributed by atoms with Crippen LogP contribution in [0.3, 0.4) is 0 Å². The quantitative estimate of drug-likeness (QED) is 0.408. The maximum Gasteiger partial charge on any atom is 0.337 e. The summed E-state index contributed by atoms with van der Waals surface area (Å²) in [7, 11) is 0. The van der Waals surface area contributed by atoms with Crippen LogP contribution < -0.4 is 5.32 Å². The Morgan fingerprint density at radius 2 is 1.79 bits per heavy atom. The van der Waals surface area contributed by atoms with Crippen molar-refractivity contribution in [3.8, 4) is 5.75 Å². The van der Waals surface area contributed by atoms with Gasteiger partial charge in [-0.2, -0.15) is 0 Å². The molecular weight excluding hydrogens is 368 g/mol. The summed E-state index contributed by atoms with van der Waals surface area (Å²) in [6.45, 7) is 8.13. The number of nitrogens with one attached hydrogen (secondary N) is 2. The van der Waals surface area contributed by atoms with Crippen LogP contribution in [0.1, 0.15) is 38.8 Å². The number of hydrogen-bond acceptors (Lipinski definition) is 6. The molecule has 0 spiro atoms. The largest absolute Gasteiger partial charge is 0.508 e. The van der Waals surface area contributed by atoms with Crippen LogP contribution >= 0.6 is 0 Å². The number of hydrogen-bond donors (Lipinski definition) is 3. The van der Waals surface area contributed by atoms with Crippen LogP contribution in [0.4, 0.5) is 5.69 Å². The third kappa shape index (κ3) is 6.91. The van der Waals surface area contributed by atoms with E-state index >= 15 is 0 Å². The van der Waals surface area contributed by atoms with Crippen molar-refractivity contribution in [3.05, 3.63) is 59.7 Å². The number of phenols is 1. The van der Waals surface area contributed by atoms with E-state index in [9.17, 15) is 9.90 Å². The minimum Gasteiger partial charge on any atom is -0.508 e. The second-order valence-corrected chi connectivity index (χ2v) is 7.84. The molecule has 0 aliphatic carbocycles. The lowest BCUT2D eigenvalue weighted by atomic mass is 10.1. The zero-order valence-electron chi connectivity index (χ0n) is 17.5. The van der Waals surface area contributed by atoms with Crippen LogP contribution in [-0.2, 0) is 20.8 Å². The number of phenolic OH excluding ortho intramolecular Hbond substituents is 1. The lowest BCUT2D eigenvalue weighted by Gasteiger charge is -2.24. The zero-order chi connectivity index (χ0) is 21.4. The summed E-state index contributed by atoms with van der Waals surface area (Å²) in [5.41, 5.74) is 1.65. The summed E-state index contributed by atoms with van der Waals surface area (Å²) in [5, 5.41) is 21.1. The van der Waals surface area contributed by atoms with Crippen molar-refractivity contribution in [3.63, 3.8) is 0 Å². The molecule has 0 atom stereocenters. The molecule has 0 fully saturated rings. The van der Waals surface area contributed by atoms with Crippen molar-refractivity contribution in [2.24, 2.45) is 5.92 Å². The third-order valence-electron chi connectivity index (χ3n) is 4.29. The molecule has 0 aromatic heterocycles. The molecule has 0 radical (unpaired) electrons. The molecule has 0 amide bonds. The van der Waals surface area contributed by atoms with Crippen LogP contribution in [0.25, 0.3) is 0 Å². The van der Waals surface area contributed by atoms with E-state index in [4.69, 9.17) is 14.9 Å². The second-order valence-electron chi connectivity index (χ2n) is 7.84. The lowest BCUT2D eigenvalue weighted by Crippen LogP contribution is -2.39. The average Bonchev–Trinajstić information content (AvgIpc) is 2.70. The maximum atomic E-state index is 12.2. The summed E-state index contributed by atoms with van der Waals surface area (Å²) < 4.78 is 11.0. The molecular formula is C23H30N2O4. The molecule has 0 saturated heterocycles. The SMILES string of the molecule is CC(C)COC(=O)C(C)(C)OCC(=N)c1ccccc1NCc1ccc(O)cc1. The molecule has 0 aliphatic heterocycles. The minimum atomic E-state index is -1.13. The Morgan fingerprint density at radius 3 is 2.45 bits per heavy atom. The monoisotopic (exact) mass is 398 g/mol. The molecule has 0 saturated carbocycles. The molecule has 3 N–H and O–H groups in total. The fourth-order valence-electron chi connectivity index (χ4n) is 2.52. The molecule has 0 heterocycles. The van der Waals surface area contributed by atoms with Crippen LogP contribution in [0.5, 0.6) is 5.75 Å². The zero-order valence-corrected chi connectivity index (χ0v) is 17.5. The molecule has 2 aromatic carbocycles. The third-order valence-corrected chi connectivity index (χ3v) is 4.29. The van der Waals surface area contributed by atoms with Gasteiger partial charge in [0, 0.05) is 17.8 Å². The number of para-hydroxylation sites is 1. The van der Waals surface area contributed by atoms with E-state index in [0.29, 0.717) is 18.7 Å². The number of ether oxygens (including phenoxy) is 2. The highest BCUT2D eigenvalue weighted by atomic mass is 16.6. The Bertz CT molecular complexity index is 829. The number of carbonyl (C=O) groups is 1. The van der Waals surface area contributed by atoms with Gasteiger partial charge in [-0.05, 0) is 43.5 Å². The van der Waals surface area contributed by atoms with Crippen molar-refractivity contribution in [1.29, 1.82) is 5.41 Å². The molecule has 2 rings (SSSR count). The second kappa shape index (κ2) is 10.1. The molecule has 6 nitrogen and oxygen atoms in total. The minimum absolute atomic E-state index is 0.0122. The van der Waals surface area contributed by atoms with Gasteiger partial charge in [-0.25, -0.2) is 4.79 Å². The number of carbonyl (C=O) groups excluding carboxylic acids is 1. The predicted molar refractivity (Wildman–Crippen MR) is 115 cm³/mol. The Balaban J connectivity index is 1.98. The van der Waals surface area contributed by atoms with E-state index in [2.05, 4.69) is 5.32 Å². The first-order valence-corrected chi connectivity index (χ1v) is 9.69. The summed E-state index contributed by atoms with van der Waals surface area (Å²) in [6, 6.07) is 14.4. The van der Waals surface area contributed by atoms with Gasteiger partial charge in [0.05, 0.1) is 18.9 Å². The highest BCUT2D eigenvalue weighted by molar-refractivity contribution is 6.04. The van der Waals surface area contributed by atoms with Crippen molar-refractivity contribution in [2.75, 3.05) is 18.5 Å². The highest BCUT2D eigenvalue weighted by Crippen LogP contribution is 2.20. The van der Waals surface area contributed by atoms with Gasteiger partial charge < -0.3 is 25.3 Å². The van der Waals surface area contributed by atoms with Crippen molar-refractivity contribution in [2.45, 2.75) is 39.8 Å². The standard InChI is InChI=1S/C23H30N2O4/c1-16(2)14-28-22(27)23(3,4)29-15-20(24)19-7-5-6-8-21(19)25-13-17-9-11-18(26)12-10-17/h5-12,16,24-26H,13-15H2,1-4H3. The molecule has 0 aliphatic rings. The lowest BCUT2D eigenvalue weighted by molar-refractivity contribution is -0.167. The first kappa shape index (κ1) is 22.4. The molecule has 156 valence electrons. The Labute approximate surface area is 172 Å². The molecule has 6 heteroatoms. The predicted octanol–water partition coefficient (Wildman–Crippen LogP) is 4.37. The number of aromatic hydroxyl groups is 1. The number of anilines is 1. The average molecular weight is 399 g/mol. The molecule has 0 bridgehead atoms. The summed E-state index contributed by atoms with van der Waals surface area (Å²) in [6.07, 6.45) is 0. The van der Waals surface area contributed by atoms with Crippen LogP contribution in [0, 0.1) is 11.3 Å². The first-order chi connectivity index (χ1) is 13.7. The normalized spacial score (nSPS) is 11.3. The Kier molecular flexibility index (Phi) is 7.79. The topological polar surface area (TPSA) is 91.6 Å². The fourth-order valence-corrected chi connectivity index (χ4v) is 2.52. The van der Waals surface area contributed by atoms with Crippen LogP contribution in [0.15, 0.2) is 48.5 Å². The van der Waals surface area contributed by atoms with Gasteiger partial charge in [0.25, 0.3) is 0 Å². The Hall–Kier alpha value is -2.86. The maximum absolute atomic E-state index is 12.2. The van der Waals surface area contributed by atoms with Crippen LogP contribution in [0.2, 0.25) is 0 Å². The number of benzene rings is 2. The first-order valence-electron chi connectivity index (χ1n) is 9.69. The number of rotatable bonds is 10. The number of esters is 1. The van der Waals surface area contributed by atoms with E-state index < -0.39 is 11.6 Å². The molecule has 2 aromatic rings. The van der Waals surface area contributed by atoms with Gasteiger partial charge in [0.15, 0.2) is 5.60 Å². The summed E-state index contributed by atoms with van der Waals surface area (Å²) >= 11 is 0. The van der Waals surface area contributed by atoms with Gasteiger partial charge >= 0.3 is 5.97 Å². The van der Waals surface area contributed by atoms with Crippen LogP contribution in [-0.4, -0.2) is 35.6 Å². The highest BCUT2D eigenvalue weighted by Gasteiger charge is 2.31. The van der Waals surface area contributed by atoms with Gasteiger partial charge in [-0.1, -0.05) is 44.2 Å². The summed E-state index contributed by atoms with van der Waals surface area (Å²) in [5.74, 6) is 0.0416. The fraction of sp³-hybridized carbons (Fsp3) is 0.391. The van der Waals surface area contributed by atoms with Crippen molar-refractivity contribution in [1.82, 2.24) is 0 Å². The van der Waals surface area contributed by atoms with Gasteiger partial charge in [-0.15, -0.1) is 0 Å². The van der Waals surface area contributed by atoms with E-state index in [1.165, 1.54) is 0 Å².